The highest BCUT2D eigenvalue weighted by Gasteiger charge is 2.64. The predicted molar refractivity (Wildman–Crippen MR) is 332 cm³/mol. The van der Waals surface area contributed by atoms with Gasteiger partial charge in [-0.2, -0.15) is 0 Å². The highest BCUT2D eigenvalue weighted by atomic mass is 35.5. The van der Waals surface area contributed by atoms with E-state index in [4.69, 9.17) is 44.8 Å². The Labute approximate surface area is 528 Å². The van der Waals surface area contributed by atoms with E-state index in [1.807, 2.05) is 56.4 Å². The molecule has 4 bridgehead atoms. The van der Waals surface area contributed by atoms with Crippen molar-refractivity contribution in [1.82, 2.24) is 35.9 Å². The van der Waals surface area contributed by atoms with Gasteiger partial charge in [-0.1, -0.05) is 72.7 Å². The van der Waals surface area contributed by atoms with Crippen molar-refractivity contribution in [1.29, 1.82) is 0 Å². The van der Waals surface area contributed by atoms with Gasteiger partial charge in [-0.05, 0) is 87.2 Å². The highest BCUT2D eigenvalue weighted by molar-refractivity contribution is 7.46. The van der Waals surface area contributed by atoms with E-state index in [1.165, 1.54) is 62.3 Å². The molecule has 9 atom stereocenters. The quantitative estimate of drug-likeness (QED) is 0.0145. The Morgan fingerprint density at radius 3 is 2.39 bits per heavy atom. The molecule has 7 N–H and O–H groups in total. The molecule has 4 aromatic rings. The summed E-state index contributed by atoms with van der Waals surface area (Å²) in [7, 11) is 4.77. The summed E-state index contributed by atoms with van der Waals surface area (Å²) in [4.78, 5) is 103. The van der Waals surface area contributed by atoms with Crippen LogP contribution in [0.4, 0.5) is 10.5 Å². The van der Waals surface area contributed by atoms with Gasteiger partial charge in [0.1, 0.15) is 52.5 Å². The number of carbonyl (C=O) groups is 6. The number of amides is 5. The normalized spacial score (nSPS) is 23.7. The van der Waals surface area contributed by atoms with Crippen LogP contribution in [-0.2, 0) is 82.9 Å². The van der Waals surface area contributed by atoms with Crippen molar-refractivity contribution >= 4 is 71.7 Å². The van der Waals surface area contributed by atoms with Gasteiger partial charge in [0.2, 0.25) is 23.6 Å². The molecule has 5 amide bonds. The number of rotatable bonds is 26. The number of alkyl carbamates (subject to hydrolysis) is 1. The number of halogens is 1. The van der Waals surface area contributed by atoms with E-state index in [2.05, 4.69) is 36.5 Å². The van der Waals surface area contributed by atoms with E-state index in [0.29, 0.717) is 36.5 Å². The zero-order valence-electron chi connectivity index (χ0n) is 52.4. The first-order chi connectivity index (χ1) is 42.7. The number of methoxy groups -OCH3 is 2. The molecule has 4 heterocycles. The Bertz CT molecular complexity index is 3310. The number of benzene rings is 3. The minimum atomic E-state index is -4.81. The second kappa shape index (κ2) is 31.4. The fraction of sp³-hybridized carbons (Fsp3) is 0.516. The largest absolute Gasteiger partial charge is 0.524 e. The maximum absolute atomic E-state index is 14.4. The molecule has 90 heavy (non-hydrogen) atoms. The van der Waals surface area contributed by atoms with Crippen molar-refractivity contribution < 1.29 is 85.9 Å². The zero-order chi connectivity index (χ0) is 65.7. The molecule has 0 spiro atoms. The average molecular weight is 1300 g/mol. The number of anilines is 1. The SMILES string of the molecule is CNN(C)Cc1cc2ccccc2n1CCC(=O)N[C@@H](Cc1ccc(OP(=O)(O)O)cc1)C(=O)NCCOCCOCCC(=O)N(C)[C@@H](C)C(=O)O[C@H]1CC(=O)N(C)c2cc(cc(OC)c2Cl)C/C(C)=C/C=C/[C@@H](OC)[C@@]2(O)C[C@H](OC(=O)N2)[C@@H](C)C2O[C@]21C. The lowest BCUT2D eigenvalue weighted by Gasteiger charge is -2.42. The van der Waals surface area contributed by atoms with Gasteiger partial charge in [-0.3, -0.25) is 39.7 Å². The number of aromatic nitrogens is 1. The molecule has 28 heteroatoms. The number of hydrogen-bond donors (Lipinski definition) is 7. The average Bonchev–Trinajstić information content (AvgIpc) is 1.64. The number of epoxide rings is 1. The lowest BCUT2D eigenvalue weighted by atomic mass is 9.83. The number of aliphatic hydroxyl groups is 1. The number of hydrazine groups is 1. The Kier molecular flexibility index (Phi) is 24.6. The monoisotopic (exact) mass is 1290 g/mol. The molecule has 3 aromatic carbocycles. The maximum Gasteiger partial charge on any atom is 0.524 e. The van der Waals surface area contributed by atoms with E-state index in [-0.39, 0.29) is 75.3 Å². The number of aryl methyl sites for hydroxylation is 1. The Balaban J connectivity index is 0.919. The molecule has 492 valence electrons. The smallest absolute Gasteiger partial charge is 0.495 e. The first-order valence-electron chi connectivity index (χ1n) is 29.5. The first-order valence-corrected chi connectivity index (χ1v) is 31.4. The fourth-order valence-corrected chi connectivity index (χ4v) is 11.7. The number of nitrogens with one attached hydrogen (secondary N) is 4. The lowest BCUT2D eigenvalue weighted by molar-refractivity contribution is -0.162. The van der Waals surface area contributed by atoms with Gasteiger partial charge in [0, 0.05) is 77.7 Å². The lowest BCUT2D eigenvalue weighted by Crippen LogP contribution is -2.63. The number of likely N-dealkylation sites (N-methyl/N-ethyl adjacent to an activating group) is 1. The standard InChI is InChI=1S/C62H84ClN8O18P/c1-38-14-13-17-51(83-10)62(78)36-50(86-60(77)67-62)39(2)57-61(4,88-57)52(35-55(74)70(8)48-32-42(30-38)33-49(82-9)56(48)63)87-59(76)40(3)69(7)54(73)23-26-84-28-29-85-27-24-65-58(75)46(31-41-18-20-45(21-19-41)89-90(79,80)81)66-53(72)22-25-71-44(37-68(6)64-5)34-43-15-11-12-16-47(43)71/h11-21,32-34,39-40,46,50-52,57,64,78H,22-31,35-37H2,1-10H3,(H,65,75)(H,66,72)(H,67,77)(H2,79,80,81)/b17-13+,38-14+/t39-,40+,46+,50+,51-,52+,57?,61+,62+/m1/s1. The minimum Gasteiger partial charge on any atom is -0.495 e. The molecular formula is C62H84ClN8O18P. The third-order valence-corrected chi connectivity index (χ3v) is 17.2. The second-order valence-electron chi connectivity index (χ2n) is 22.9. The summed E-state index contributed by atoms with van der Waals surface area (Å²) in [5.41, 5.74) is 4.38. The number of nitrogens with zero attached hydrogens (tertiary/aromatic N) is 4. The molecule has 3 aliphatic rings. The highest BCUT2D eigenvalue weighted by Crippen LogP contribution is 2.49. The molecule has 26 nitrogen and oxygen atoms in total. The minimum absolute atomic E-state index is 0.0369. The third-order valence-electron chi connectivity index (χ3n) is 16.4. The summed E-state index contributed by atoms with van der Waals surface area (Å²) in [6, 6.07) is 17.1. The molecule has 1 unspecified atom stereocenters. The van der Waals surface area contributed by atoms with Crippen LogP contribution in [0.15, 0.2) is 90.5 Å². The van der Waals surface area contributed by atoms with Crippen LogP contribution in [0.3, 0.4) is 0 Å². The van der Waals surface area contributed by atoms with E-state index in [0.717, 1.165) is 27.7 Å². The summed E-state index contributed by atoms with van der Waals surface area (Å²) in [6.07, 6.45) is 0.253. The molecule has 0 radical (unpaired) electrons. The number of esters is 1. The van der Waals surface area contributed by atoms with Gasteiger partial charge in [0.15, 0.2) is 5.72 Å². The van der Waals surface area contributed by atoms with Gasteiger partial charge >= 0.3 is 19.9 Å². The molecular weight excluding hydrogens is 1210 g/mol. The second-order valence-corrected chi connectivity index (χ2v) is 24.4. The van der Waals surface area contributed by atoms with Crippen LogP contribution in [0, 0.1) is 5.92 Å². The summed E-state index contributed by atoms with van der Waals surface area (Å²) in [5, 5.41) is 23.2. The van der Waals surface area contributed by atoms with Crippen molar-refractivity contribution in [2.45, 2.75) is 127 Å². The van der Waals surface area contributed by atoms with Gasteiger partial charge in [-0.15, -0.1) is 0 Å². The number of ether oxygens (including phenoxy) is 7. The molecule has 2 saturated heterocycles. The van der Waals surface area contributed by atoms with Crippen molar-refractivity contribution in [2.75, 3.05) is 80.3 Å². The van der Waals surface area contributed by atoms with Crippen LogP contribution in [0.2, 0.25) is 5.02 Å². The number of para-hydroxylation sites is 1. The van der Waals surface area contributed by atoms with Crippen LogP contribution in [-0.4, -0.2) is 188 Å². The van der Waals surface area contributed by atoms with Crippen LogP contribution in [0.5, 0.6) is 11.5 Å². The summed E-state index contributed by atoms with van der Waals surface area (Å²) in [5.74, 6) is -3.03. The van der Waals surface area contributed by atoms with E-state index >= 15 is 0 Å². The van der Waals surface area contributed by atoms with Crippen molar-refractivity contribution in [3.05, 3.63) is 112 Å². The van der Waals surface area contributed by atoms with Gasteiger partial charge in [0.25, 0.3) is 0 Å². The number of phosphoric ester groups is 1. The maximum atomic E-state index is 14.4. The summed E-state index contributed by atoms with van der Waals surface area (Å²) >= 11 is 6.84. The van der Waals surface area contributed by atoms with Crippen LogP contribution in [0.1, 0.15) is 70.2 Å². The Hall–Kier alpha value is -6.94. The van der Waals surface area contributed by atoms with Crippen LogP contribution < -0.4 is 35.5 Å². The van der Waals surface area contributed by atoms with Gasteiger partial charge in [-0.25, -0.2) is 19.2 Å². The molecule has 0 aliphatic carbocycles. The number of phosphoric acid groups is 1. The summed E-state index contributed by atoms with van der Waals surface area (Å²) < 4.78 is 59.0. The van der Waals surface area contributed by atoms with E-state index in [9.17, 15) is 48.2 Å². The number of allylic oxidation sites excluding steroid dienone is 3. The molecule has 1 aromatic heterocycles. The van der Waals surface area contributed by atoms with Crippen LogP contribution in [0.25, 0.3) is 10.9 Å². The Morgan fingerprint density at radius 1 is 0.989 bits per heavy atom. The van der Waals surface area contributed by atoms with Crippen molar-refractivity contribution in [3.8, 4) is 11.5 Å². The van der Waals surface area contributed by atoms with Crippen molar-refractivity contribution in [2.24, 2.45) is 5.92 Å². The molecule has 2 fully saturated rings. The number of carbonyl (C=O) groups excluding carboxylic acids is 6. The molecule has 7 rings (SSSR count). The Morgan fingerprint density at radius 2 is 1.70 bits per heavy atom. The number of fused-ring (bicyclic) bond motifs is 6. The molecule has 3 aliphatic heterocycles. The number of hydrogen-bond acceptors (Lipinski definition) is 18. The zero-order valence-corrected chi connectivity index (χ0v) is 54.0. The summed E-state index contributed by atoms with van der Waals surface area (Å²) in [6.45, 7) is 7.98. The molecule has 0 saturated carbocycles. The fourth-order valence-electron chi connectivity index (χ4n) is 11.0. The topological polar surface area (TPSA) is 320 Å². The van der Waals surface area contributed by atoms with E-state index in [1.54, 1.807) is 45.2 Å². The van der Waals surface area contributed by atoms with Crippen LogP contribution >= 0.6 is 19.4 Å². The van der Waals surface area contributed by atoms with Gasteiger partial charge < -0.3 is 67.8 Å². The third kappa shape index (κ3) is 18.6. The van der Waals surface area contributed by atoms with Gasteiger partial charge in [0.05, 0.1) is 64.7 Å². The van der Waals surface area contributed by atoms with Crippen molar-refractivity contribution in [3.63, 3.8) is 0 Å². The first kappa shape index (κ1) is 70.5. The predicted octanol–water partition coefficient (Wildman–Crippen LogP) is 4.86. The van der Waals surface area contributed by atoms with E-state index < -0.39 is 97.8 Å².